The molecule has 0 saturated heterocycles. The summed E-state index contributed by atoms with van der Waals surface area (Å²) in [6.45, 7) is 0. The number of aromatic amines is 1. The summed E-state index contributed by atoms with van der Waals surface area (Å²) in [5.41, 5.74) is 1.86. The summed E-state index contributed by atoms with van der Waals surface area (Å²) < 4.78 is 0. The summed E-state index contributed by atoms with van der Waals surface area (Å²) in [7, 11) is 0. The molecule has 1 aromatic heterocycles. The van der Waals surface area contributed by atoms with Crippen LogP contribution in [0.5, 0.6) is 5.75 Å². The van der Waals surface area contributed by atoms with Crippen molar-refractivity contribution in [3.8, 4) is 5.75 Å². The minimum Gasteiger partial charge on any atom is -0.350 e. The first-order valence-corrected chi connectivity index (χ1v) is 3.93. The Morgan fingerprint density at radius 1 is 1.23 bits per heavy atom. The predicted octanol–water partition coefficient (Wildman–Crippen LogP) is 1.83. The van der Waals surface area contributed by atoms with Gasteiger partial charge in [-0.05, 0) is 17.3 Å². The topological polar surface area (TPSA) is 46.6 Å². The summed E-state index contributed by atoms with van der Waals surface area (Å²) in [6, 6.07) is 7.85. The molecule has 1 aromatic carbocycles. The zero-order valence-corrected chi connectivity index (χ0v) is 6.65. The lowest BCUT2D eigenvalue weighted by molar-refractivity contribution is -0.208. The third-order valence-corrected chi connectivity index (χ3v) is 2.03. The van der Waals surface area contributed by atoms with Gasteiger partial charge in [0.05, 0.1) is 6.21 Å². The molecular weight excluding hydrogens is 168 g/mol. The van der Waals surface area contributed by atoms with E-state index in [0.29, 0.717) is 5.75 Å². The van der Waals surface area contributed by atoms with Gasteiger partial charge in [-0.1, -0.05) is 12.1 Å². The van der Waals surface area contributed by atoms with E-state index in [0.717, 1.165) is 16.6 Å². The Kier molecular flexibility index (Phi) is 1.14. The van der Waals surface area contributed by atoms with Gasteiger partial charge in [-0.25, -0.2) is 0 Å². The fraction of sp³-hybridized carbons (Fsp3) is 0. The average molecular weight is 174 g/mol. The highest BCUT2D eigenvalue weighted by atomic mass is 17.3. The van der Waals surface area contributed by atoms with Crippen LogP contribution in [0.1, 0.15) is 5.69 Å². The second-order valence-electron chi connectivity index (χ2n) is 2.81. The maximum atomic E-state index is 4.95. The van der Waals surface area contributed by atoms with Crippen molar-refractivity contribution in [1.29, 1.82) is 0 Å². The molecule has 0 spiro atoms. The van der Waals surface area contributed by atoms with Crippen LogP contribution in [0.4, 0.5) is 0 Å². The number of oxime groups is 1. The predicted molar refractivity (Wildman–Crippen MR) is 47.6 cm³/mol. The number of nitrogens with zero attached hydrogens (tertiary/aromatic N) is 1. The largest absolute Gasteiger partial charge is 0.350 e. The summed E-state index contributed by atoms with van der Waals surface area (Å²) in [5.74, 6) is 0.700. The molecule has 1 aliphatic heterocycles. The molecule has 13 heavy (non-hydrogen) atoms. The Morgan fingerprint density at radius 3 is 3.15 bits per heavy atom. The maximum Gasteiger partial charge on any atom is 0.215 e. The van der Waals surface area contributed by atoms with E-state index in [-0.39, 0.29) is 0 Å². The minimum atomic E-state index is 0.700. The molecule has 2 heterocycles. The Bertz CT molecular complexity index is 487. The number of hydrogen-bond donors (Lipinski definition) is 1. The van der Waals surface area contributed by atoms with Crippen LogP contribution >= 0.6 is 0 Å². The van der Waals surface area contributed by atoms with Crippen molar-refractivity contribution in [3.63, 3.8) is 0 Å². The van der Waals surface area contributed by atoms with Crippen LogP contribution in [-0.2, 0) is 4.99 Å². The summed E-state index contributed by atoms with van der Waals surface area (Å²) in [4.78, 5) is 12.6. The van der Waals surface area contributed by atoms with E-state index in [2.05, 4.69) is 15.1 Å². The van der Waals surface area contributed by atoms with E-state index >= 15 is 0 Å². The Hall–Kier alpha value is -1.97. The highest BCUT2D eigenvalue weighted by Crippen LogP contribution is 2.30. The van der Waals surface area contributed by atoms with Crippen molar-refractivity contribution in [2.24, 2.45) is 5.16 Å². The van der Waals surface area contributed by atoms with Crippen molar-refractivity contribution in [2.75, 3.05) is 0 Å². The fourth-order valence-electron chi connectivity index (χ4n) is 1.45. The smallest absolute Gasteiger partial charge is 0.215 e. The second kappa shape index (κ2) is 2.26. The lowest BCUT2D eigenvalue weighted by Gasteiger charge is -2.03. The monoisotopic (exact) mass is 174 g/mol. The third kappa shape index (κ3) is 0.823. The summed E-state index contributed by atoms with van der Waals surface area (Å²) >= 11 is 0. The molecule has 0 fully saturated rings. The van der Waals surface area contributed by atoms with Crippen molar-refractivity contribution in [1.82, 2.24) is 4.98 Å². The normalized spacial score (nSPS) is 13.5. The van der Waals surface area contributed by atoms with Crippen molar-refractivity contribution < 1.29 is 9.88 Å². The second-order valence-corrected chi connectivity index (χ2v) is 2.81. The third-order valence-electron chi connectivity index (χ3n) is 2.03. The summed E-state index contributed by atoms with van der Waals surface area (Å²) in [6.07, 6.45) is 1.60. The quantitative estimate of drug-likeness (QED) is 0.619. The van der Waals surface area contributed by atoms with Crippen molar-refractivity contribution in [2.45, 2.75) is 0 Å². The molecule has 0 amide bonds. The number of H-pyrrole nitrogens is 1. The number of fused-ring (bicyclic) bond motifs is 3. The first kappa shape index (κ1) is 6.54. The van der Waals surface area contributed by atoms with E-state index in [9.17, 15) is 0 Å². The molecule has 0 saturated carbocycles. The van der Waals surface area contributed by atoms with Crippen LogP contribution < -0.4 is 4.89 Å². The fourth-order valence-corrected chi connectivity index (χ4v) is 1.45. The maximum absolute atomic E-state index is 4.95. The number of para-hydroxylation sites is 1. The van der Waals surface area contributed by atoms with Gasteiger partial charge in [0, 0.05) is 10.9 Å². The van der Waals surface area contributed by atoms with E-state index in [1.54, 1.807) is 6.21 Å². The molecule has 4 heteroatoms. The molecule has 0 bridgehead atoms. The number of nitrogens with one attached hydrogen (secondary N) is 1. The Labute approximate surface area is 73.7 Å². The first-order valence-electron chi connectivity index (χ1n) is 3.93. The van der Waals surface area contributed by atoms with E-state index in [1.165, 1.54) is 0 Å². The van der Waals surface area contributed by atoms with E-state index in [1.807, 2.05) is 24.3 Å². The SMILES string of the molecule is C1=NOOc2c1[nH]c1ccccc21. The highest BCUT2D eigenvalue weighted by molar-refractivity contribution is 5.96. The van der Waals surface area contributed by atoms with Gasteiger partial charge in [-0.2, -0.15) is 4.99 Å². The summed E-state index contributed by atoms with van der Waals surface area (Å²) in [5, 5.41) is 4.54. The van der Waals surface area contributed by atoms with Gasteiger partial charge in [0.15, 0.2) is 0 Å². The van der Waals surface area contributed by atoms with Crippen LogP contribution in [0.25, 0.3) is 10.9 Å². The van der Waals surface area contributed by atoms with Crippen LogP contribution in [0.2, 0.25) is 0 Å². The lowest BCUT2D eigenvalue weighted by Crippen LogP contribution is -1.99. The molecule has 4 nitrogen and oxygen atoms in total. The molecule has 0 radical (unpaired) electrons. The molecule has 3 rings (SSSR count). The number of rotatable bonds is 0. The van der Waals surface area contributed by atoms with Gasteiger partial charge in [0.2, 0.25) is 5.75 Å². The van der Waals surface area contributed by atoms with Crippen LogP contribution in [0.15, 0.2) is 29.4 Å². The van der Waals surface area contributed by atoms with Crippen LogP contribution in [0, 0.1) is 0 Å². The van der Waals surface area contributed by atoms with E-state index in [4.69, 9.17) is 4.89 Å². The average Bonchev–Trinajstić information content (AvgIpc) is 2.56. The molecular formula is C9H6N2O2. The number of benzene rings is 1. The van der Waals surface area contributed by atoms with Crippen molar-refractivity contribution in [3.05, 3.63) is 30.0 Å². The molecule has 0 aliphatic carbocycles. The zero-order chi connectivity index (χ0) is 8.67. The Balaban J connectivity index is 2.41. The van der Waals surface area contributed by atoms with Crippen LogP contribution in [0.3, 0.4) is 0 Å². The number of aromatic nitrogens is 1. The number of hydrogen-bond acceptors (Lipinski definition) is 3. The van der Waals surface area contributed by atoms with Crippen LogP contribution in [-0.4, -0.2) is 11.2 Å². The van der Waals surface area contributed by atoms with Gasteiger partial charge in [0.1, 0.15) is 5.69 Å². The lowest BCUT2D eigenvalue weighted by atomic mass is 10.2. The van der Waals surface area contributed by atoms with Gasteiger partial charge >= 0.3 is 0 Å². The van der Waals surface area contributed by atoms with Crippen molar-refractivity contribution >= 4 is 17.1 Å². The van der Waals surface area contributed by atoms with E-state index < -0.39 is 0 Å². The molecule has 1 aliphatic rings. The minimum absolute atomic E-state index is 0.700. The Morgan fingerprint density at radius 2 is 2.15 bits per heavy atom. The van der Waals surface area contributed by atoms with Gasteiger partial charge in [0.25, 0.3) is 0 Å². The first-order chi connectivity index (χ1) is 6.45. The molecule has 1 N–H and O–H groups in total. The standard InChI is InChI=1S/C9H6N2O2/c1-2-4-7-6(3-1)9-8(11-7)5-10-13-12-9/h1-5,11H. The molecule has 0 unspecified atom stereocenters. The van der Waals surface area contributed by atoms with Gasteiger partial charge in [-0.3, -0.25) is 4.89 Å². The molecule has 0 atom stereocenters. The van der Waals surface area contributed by atoms with Gasteiger partial charge in [-0.15, -0.1) is 0 Å². The highest BCUT2D eigenvalue weighted by Gasteiger charge is 2.15. The zero-order valence-electron chi connectivity index (χ0n) is 6.65. The molecule has 2 aromatic rings. The van der Waals surface area contributed by atoms with Gasteiger partial charge < -0.3 is 4.98 Å². The molecule has 64 valence electrons.